The summed E-state index contributed by atoms with van der Waals surface area (Å²) in [4.78, 5) is 26.4. The molecule has 1 aromatic rings. The first-order valence-corrected chi connectivity index (χ1v) is 8.78. The third kappa shape index (κ3) is 4.15. The molecule has 1 atom stereocenters. The van der Waals surface area contributed by atoms with Crippen LogP contribution in [0.15, 0.2) is 29.2 Å². The van der Waals surface area contributed by atoms with Gasteiger partial charge >= 0.3 is 5.97 Å². The number of methoxy groups -OCH3 is 1. The van der Waals surface area contributed by atoms with Gasteiger partial charge in [-0.05, 0) is 37.1 Å². The van der Waals surface area contributed by atoms with Gasteiger partial charge in [0.05, 0.1) is 18.6 Å². The molecule has 0 aromatic heterocycles. The van der Waals surface area contributed by atoms with E-state index in [4.69, 9.17) is 21.7 Å². The number of benzene rings is 1. The molecule has 24 heavy (non-hydrogen) atoms. The van der Waals surface area contributed by atoms with E-state index >= 15 is 0 Å². The largest absolute Gasteiger partial charge is 0.497 e. The fourth-order valence-corrected chi connectivity index (χ4v) is 3.51. The Morgan fingerprint density at radius 2 is 2.04 bits per heavy atom. The van der Waals surface area contributed by atoms with Crippen LogP contribution in [0.4, 0.5) is 0 Å². The van der Waals surface area contributed by atoms with Gasteiger partial charge in [0.1, 0.15) is 16.1 Å². The summed E-state index contributed by atoms with van der Waals surface area (Å²) < 4.78 is 10.6. The number of hydrogen-bond donors (Lipinski definition) is 0. The van der Waals surface area contributed by atoms with Gasteiger partial charge in [-0.15, -0.1) is 0 Å². The zero-order valence-corrected chi connectivity index (χ0v) is 15.4. The number of carbonyl (C=O) groups excluding carboxylic acids is 2. The summed E-state index contributed by atoms with van der Waals surface area (Å²) in [6, 6.07) is 6.61. The van der Waals surface area contributed by atoms with Crippen LogP contribution in [0, 0.1) is 0 Å². The molecule has 0 spiro atoms. The van der Waals surface area contributed by atoms with Gasteiger partial charge in [-0.1, -0.05) is 43.0 Å². The molecule has 1 aliphatic heterocycles. The van der Waals surface area contributed by atoms with E-state index < -0.39 is 12.0 Å². The third-order valence-electron chi connectivity index (χ3n) is 3.41. The van der Waals surface area contributed by atoms with E-state index in [0.29, 0.717) is 15.8 Å². The number of esters is 1. The number of thioether (sulfide) groups is 1. The van der Waals surface area contributed by atoms with Crippen molar-refractivity contribution in [3.05, 3.63) is 34.7 Å². The Morgan fingerprint density at radius 3 is 2.62 bits per heavy atom. The van der Waals surface area contributed by atoms with E-state index in [9.17, 15) is 9.59 Å². The van der Waals surface area contributed by atoms with Crippen molar-refractivity contribution in [1.29, 1.82) is 0 Å². The number of ether oxygens (including phenoxy) is 2. The first-order chi connectivity index (χ1) is 11.5. The molecule has 0 saturated carbocycles. The lowest BCUT2D eigenvalue weighted by Crippen LogP contribution is -2.42. The van der Waals surface area contributed by atoms with Gasteiger partial charge in [-0.3, -0.25) is 9.69 Å². The van der Waals surface area contributed by atoms with Gasteiger partial charge in [0, 0.05) is 0 Å². The lowest BCUT2D eigenvalue weighted by molar-refractivity contribution is -0.150. The maximum Gasteiger partial charge on any atom is 0.329 e. The molecule has 0 bridgehead atoms. The van der Waals surface area contributed by atoms with Gasteiger partial charge in [-0.2, -0.15) is 0 Å². The molecule has 1 fully saturated rings. The Morgan fingerprint density at radius 1 is 1.38 bits per heavy atom. The molecule has 0 aliphatic carbocycles. The first kappa shape index (κ1) is 18.5. The summed E-state index contributed by atoms with van der Waals surface area (Å²) in [5, 5.41) is 0. The van der Waals surface area contributed by atoms with E-state index in [0.717, 1.165) is 17.7 Å². The second kappa shape index (κ2) is 8.30. The molecule has 1 amide bonds. The van der Waals surface area contributed by atoms with Crippen molar-refractivity contribution in [2.75, 3.05) is 13.7 Å². The Labute approximate surface area is 151 Å². The Balaban J connectivity index is 2.15. The van der Waals surface area contributed by atoms with Crippen LogP contribution < -0.4 is 4.74 Å². The van der Waals surface area contributed by atoms with Crippen LogP contribution in [0.5, 0.6) is 5.75 Å². The molecule has 5 nitrogen and oxygen atoms in total. The van der Waals surface area contributed by atoms with Crippen LogP contribution in [-0.4, -0.2) is 40.9 Å². The van der Waals surface area contributed by atoms with E-state index in [2.05, 4.69) is 0 Å². The van der Waals surface area contributed by atoms with Crippen molar-refractivity contribution < 1.29 is 19.1 Å². The normalized spacial score (nSPS) is 17.3. The Kier molecular flexibility index (Phi) is 6.39. The highest BCUT2D eigenvalue weighted by atomic mass is 32.2. The molecule has 128 valence electrons. The summed E-state index contributed by atoms with van der Waals surface area (Å²) in [5.74, 6) is 0.0209. The van der Waals surface area contributed by atoms with Crippen LogP contribution >= 0.6 is 24.0 Å². The second-order valence-electron chi connectivity index (χ2n) is 5.17. The number of thiocarbonyl (C=S) groups is 1. The van der Waals surface area contributed by atoms with Crippen molar-refractivity contribution in [1.82, 2.24) is 4.90 Å². The number of nitrogens with zero attached hydrogens (tertiary/aromatic N) is 1. The van der Waals surface area contributed by atoms with Crippen LogP contribution in [0.25, 0.3) is 6.08 Å². The lowest BCUT2D eigenvalue weighted by atomic mass is 10.2. The van der Waals surface area contributed by atoms with Gasteiger partial charge in [-0.25, -0.2) is 4.79 Å². The summed E-state index contributed by atoms with van der Waals surface area (Å²) in [6.45, 7) is 3.87. The number of rotatable bonds is 6. The fourth-order valence-electron chi connectivity index (χ4n) is 2.09. The molecule has 1 heterocycles. The number of carbonyl (C=O) groups is 2. The Bertz CT molecular complexity index is 670. The van der Waals surface area contributed by atoms with Crippen LogP contribution in [0.1, 0.15) is 25.8 Å². The van der Waals surface area contributed by atoms with Gasteiger partial charge in [0.2, 0.25) is 0 Å². The molecule has 1 unspecified atom stereocenters. The average molecular weight is 365 g/mol. The summed E-state index contributed by atoms with van der Waals surface area (Å²) >= 11 is 6.44. The van der Waals surface area contributed by atoms with Crippen molar-refractivity contribution in [2.24, 2.45) is 0 Å². The molecule has 1 aromatic carbocycles. The van der Waals surface area contributed by atoms with Crippen LogP contribution in [0.3, 0.4) is 0 Å². The maximum absolute atomic E-state index is 12.6. The molecule has 2 rings (SSSR count). The van der Waals surface area contributed by atoms with Crippen molar-refractivity contribution >= 4 is 46.3 Å². The molecular weight excluding hydrogens is 346 g/mol. The molecule has 0 radical (unpaired) electrons. The van der Waals surface area contributed by atoms with Gasteiger partial charge in [0.25, 0.3) is 5.91 Å². The summed E-state index contributed by atoms with van der Waals surface area (Å²) in [6.07, 6.45) is 2.48. The van der Waals surface area contributed by atoms with Gasteiger partial charge < -0.3 is 9.47 Å². The highest BCUT2D eigenvalue weighted by Crippen LogP contribution is 2.34. The smallest absolute Gasteiger partial charge is 0.329 e. The van der Waals surface area contributed by atoms with Gasteiger partial charge in [0.15, 0.2) is 0 Å². The minimum absolute atomic E-state index is 0.276. The maximum atomic E-state index is 12.6. The summed E-state index contributed by atoms with van der Waals surface area (Å²) in [7, 11) is 1.60. The minimum Gasteiger partial charge on any atom is -0.497 e. The van der Waals surface area contributed by atoms with E-state index in [1.807, 2.05) is 31.2 Å². The SMILES string of the molecule is CCCOC(=O)C(C)N1C(=O)/C(=C/c2ccc(OC)cc2)SC1=S. The van der Waals surface area contributed by atoms with Crippen molar-refractivity contribution in [3.8, 4) is 5.75 Å². The van der Waals surface area contributed by atoms with Crippen LogP contribution in [0.2, 0.25) is 0 Å². The highest BCUT2D eigenvalue weighted by Gasteiger charge is 2.38. The summed E-state index contributed by atoms with van der Waals surface area (Å²) in [5.41, 5.74) is 0.859. The monoisotopic (exact) mass is 365 g/mol. The highest BCUT2D eigenvalue weighted by molar-refractivity contribution is 8.26. The zero-order chi connectivity index (χ0) is 17.7. The lowest BCUT2D eigenvalue weighted by Gasteiger charge is -2.21. The van der Waals surface area contributed by atoms with Crippen molar-refractivity contribution in [2.45, 2.75) is 26.3 Å². The first-order valence-electron chi connectivity index (χ1n) is 7.55. The number of hydrogen-bond acceptors (Lipinski definition) is 6. The van der Waals surface area contributed by atoms with Crippen LogP contribution in [-0.2, 0) is 14.3 Å². The predicted molar refractivity (Wildman–Crippen MR) is 98.7 cm³/mol. The Hall–Kier alpha value is -1.86. The van der Waals surface area contributed by atoms with E-state index in [1.165, 1.54) is 16.7 Å². The van der Waals surface area contributed by atoms with Crippen molar-refractivity contribution in [3.63, 3.8) is 0 Å². The molecule has 0 N–H and O–H groups in total. The quantitative estimate of drug-likeness (QED) is 0.438. The minimum atomic E-state index is -0.731. The number of amides is 1. The third-order valence-corrected chi connectivity index (χ3v) is 4.74. The molecule has 1 aliphatic rings. The standard InChI is InChI=1S/C17H19NO4S2/c1-4-9-22-16(20)11(2)18-15(19)14(24-17(18)23)10-12-5-7-13(21-3)8-6-12/h5-8,10-11H,4,9H2,1-3H3/b14-10-. The fraction of sp³-hybridized carbons (Fsp3) is 0.353. The molecule has 1 saturated heterocycles. The molecular formula is C17H19NO4S2. The molecule has 7 heteroatoms. The second-order valence-corrected chi connectivity index (χ2v) is 6.84. The topological polar surface area (TPSA) is 55.8 Å². The zero-order valence-electron chi connectivity index (χ0n) is 13.8. The van der Waals surface area contributed by atoms with E-state index in [-0.39, 0.29) is 5.91 Å². The van der Waals surface area contributed by atoms with E-state index in [1.54, 1.807) is 20.1 Å². The average Bonchev–Trinajstić information content (AvgIpc) is 2.86. The predicted octanol–water partition coefficient (Wildman–Crippen LogP) is 3.24.